The minimum absolute atomic E-state index is 0.264. The minimum atomic E-state index is -1.06. The third-order valence-electron chi connectivity index (χ3n) is 4.06. The van der Waals surface area contributed by atoms with Gasteiger partial charge in [-0.25, -0.2) is 15.0 Å². The van der Waals surface area contributed by atoms with Crippen molar-refractivity contribution >= 4 is 17.0 Å². The molecule has 0 saturated carbocycles. The van der Waals surface area contributed by atoms with Gasteiger partial charge in [0, 0.05) is 6.42 Å². The Morgan fingerprint density at radius 2 is 2.13 bits per heavy atom. The molecule has 0 radical (unpaired) electrons. The molecule has 0 unspecified atom stereocenters. The van der Waals surface area contributed by atoms with Gasteiger partial charge in [0.2, 0.25) is 0 Å². The highest BCUT2D eigenvalue weighted by atomic mass is 16.6. The molecule has 1 aliphatic heterocycles. The van der Waals surface area contributed by atoms with Gasteiger partial charge in [0.05, 0.1) is 19.4 Å². The van der Waals surface area contributed by atoms with Gasteiger partial charge < -0.3 is 31.7 Å². The molecule has 1 aliphatic rings. The Morgan fingerprint density at radius 1 is 1.30 bits per heavy atom. The molecule has 23 heavy (non-hydrogen) atoms. The number of fused-ring (bicyclic) bond motifs is 1. The largest absolute Gasteiger partial charge is 0.387 e. The second-order valence-corrected chi connectivity index (χ2v) is 5.65. The maximum absolute atomic E-state index is 10.3. The fourth-order valence-electron chi connectivity index (χ4n) is 2.78. The Morgan fingerprint density at radius 3 is 2.91 bits per heavy atom. The molecule has 3 heterocycles. The van der Waals surface area contributed by atoms with Crippen LogP contribution in [0.3, 0.4) is 0 Å². The molecular formula is C13H23N7O3+2. The van der Waals surface area contributed by atoms with Crippen LogP contribution in [0.1, 0.15) is 12.6 Å². The average Bonchev–Trinajstić information content (AvgIpc) is 3.09. The maximum Gasteiger partial charge on any atom is 0.167 e. The number of aliphatic hydroxyl groups excluding tert-OH is 2. The number of anilines is 1. The first-order valence-corrected chi connectivity index (χ1v) is 7.69. The van der Waals surface area contributed by atoms with E-state index in [1.807, 2.05) is 0 Å². The molecule has 2 aromatic heterocycles. The Kier molecular flexibility index (Phi) is 4.68. The first kappa shape index (κ1) is 16.0. The van der Waals surface area contributed by atoms with Crippen LogP contribution < -0.4 is 16.8 Å². The summed E-state index contributed by atoms with van der Waals surface area (Å²) in [5.41, 5.74) is 10.5. The van der Waals surface area contributed by atoms with Crippen molar-refractivity contribution in [2.45, 2.75) is 31.0 Å². The van der Waals surface area contributed by atoms with Crippen LogP contribution in [-0.4, -0.2) is 67.7 Å². The van der Waals surface area contributed by atoms with Crippen LogP contribution in [-0.2, 0) is 4.74 Å². The molecule has 4 atom stereocenters. The second kappa shape index (κ2) is 6.72. The van der Waals surface area contributed by atoms with Gasteiger partial charge in [-0.15, -0.1) is 0 Å². The lowest BCUT2D eigenvalue weighted by atomic mass is 10.1. The number of nitrogens with zero attached hydrogens (tertiary/aromatic N) is 4. The van der Waals surface area contributed by atoms with Gasteiger partial charge in [0.1, 0.15) is 36.7 Å². The molecule has 0 spiro atoms. The van der Waals surface area contributed by atoms with Crippen molar-refractivity contribution in [2.75, 3.05) is 25.4 Å². The summed E-state index contributed by atoms with van der Waals surface area (Å²) in [4.78, 5) is 12.2. The molecule has 10 nitrogen and oxygen atoms in total. The van der Waals surface area contributed by atoms with E-state index in [4.69, 9.17) is 10.5 Å². The van der Waals surface area contributed by atoms with Crippen LogP contribution in [0.4, 0.5) is 5.82 Å². The zero-order chi connectivity index (χ0) is 16.4. The number of aliphatic hydroxyl groups is 2. The van der Waals surface area contributed by atoms with E-state index in [1.54, 1.807) is 4.57 Å². The van der Waals surface area contributed by atoms with E-state index in [2.05, 4.69) is 26.0 Å². The number of quaternary nitrogens is 2. The first-order valence-electron chi connectivity index (χ1n) is 7.69. The lowest BCUT2D eigenvalue weighted by Gasteiger charge is -2.16. The molecule has 0 aromatic carbocycles. The highest BCUT2D eigenvalue weighted by Crippen LogP contribution is 2.31. The third-order valence-corrected chi connectivity index (χ3v) is 4.06. The van der Waals surface area contributed by atoms with E-state index in [-0.39, 0.29) is 5.82 Å². The van der Waals surface area contributed by atoms with Crippen LogP contribution in [0.15, 0.2) is 12.7 Å². The summed E-state index contributed by atoms with van der Waals surface area (Å²) in [5.74, 6) is 0.264. The number of nitrogens with two attached hydrogens (primary N) is 2. The number of hydrogen-bond acceptors (Lipinski definition) is 7. The Hall–Kier alpha value is -1.85. The molecule has 0 amide bonds. The lowest BCUT2D eigenvalue weighted by Crippen LogP contribution is -2.87. The van der Waals surface area contributed by atoms with E-state index in [0.29, 0.717) is 17.7 Å². The quantitative estimate of drug-likeness (QED) is 0.340. The standard InChI is InChI=1S/C13H21N7O3/c14-2-1-3-16-4-7-9(21)10(22)13(23-7)20-6-19-8-11(15)17-5-18-12(8)20/h5-7,9-10,13,16,21-22H,1-4,14H2,(H2,15,17,18)/p+2/t7-,9-,10-,13-/m1/s1. The molecule has 0 aliphatic carbocycles. The second-order valence-electron chi connectivity index (χ2n) is 5.65. The first-order chi connectivity index (χ1) is 11.1. The number of nitrogen functional groups attached to an aromatic ring is 1. The van der Waals surface area contributed by atoms with E-state index in [9.17, 15) is 10.2 Å². The summed E-state index contributed by atoms with van der Waals surface area (Å²) in [6, 6.07) is 0. The van der Waals surface area contributed by atoms with Crippen molar-refractivity contribution in [1.82, 2.24) is 19.5 Å². The monoisotopic (exact) mass is 325 g/mol. The number of imidazole rings is 1. The smallest absolute Gasteiger partial charge is 0.167 e. The van der Waals surface area contributed by atoms with Gasteiger partial charge >= 0.3 is 0 Å². The zero-order valence-electron chi connectivity index (χ0n) is 12.7. The fourth-order valence-corrected chi connectivity index (χ4v) is 2.78. The molecule has 1 fully saturated rings. The number of rotatable bonds is 6. The topological polar surface area (TPSA) is 164 Å². The van der Waals surface area contributed by atoms with E-state index in [0.717, 1.165) is 19.5 Å². The van der Waals surface area contributed by atoms with E-state index >= 15 is 0 Å². The summed E-state index contributed by atoms with van der Waals surface area (Å²) >= 11 is 0. The van der Waals surface area contributed by atoms with Crippen molar-refractivity contribution in [1.29, 1.82) is 0 Å². The molecule has 0 bridgehead atoms. The number of aromatic nitrogens is 4. The van der Waals surface area contributed by atoms with E-state index < -0.39 is 24.5 Å². The summed E-state index contributed by atoms with van der Waals surface area (Å²) < 4.78 is 7.41. The molecule has 9 N–H and O–H groups in total. The Balaban J connectivity index is 1.76. The molecule has 3 rings (SSSR count). The number of ether oxygens (including phenoxy) is 1. The lowest BCUT2D eigenvalue weighted by molar-refractivity contribution is -0.664. The van der Waals surface area contributed by atoms with Gasteiger partial charge in [-0.2, -0.15) is 0 Å². The van der Waals surface area contributed by atoms with Crippen LogP contribution in [0.5, 0.6) is 0 Å². The molecule has 10 heteroatoms. The zero-order valence-corrected chi connectivity index (χ0v) is 12.7. The average molecular weight is 325 g/mol. The van der Waals surface area contributed by atoms with Crippen LogP contribution in [0.25, 0.3) is 11.2 Å². The van der Waals surface area contributed by atoms with Crippen LogP contribution in [0, 0.1) is 0 Å². The SMILES string of the molecule is Nc1ncnc2c1ncn2[C@@H]1O[C@H](C[NH2+]CCC[NH3+])[C@@H](O)[C@H]1O. The Labute approximate surface area is 132 Å². The van der Waals surface area contributed by atoms with Crippen molar-refractivity contribution in [3.63, 3.8) is 0 Å². The van der Waals surface area contributed by atoms with E-state index in [1.165, 1.54) is 12.7 Å². The summed E-state index contributed by atoms with van der Waals surface area (Å²) in [6.45, 7) is 2.35. The predicted octanol–water partition coefficient (Wildman–Crippen LogP) is -3.78. The van der Waals surface area contributed by atoms with Crippen molar-refractivity contribution in [2.24, 2.45) is 0 Å². The van der Waals surface area contributed by atoms with Gasteiger partial charge in [-0.05, 0) is 0 Å². The van der Waals surface area contributed by atoms with Gasteiger partial charge in [0.15, 0.2) is 17.7 Å². The van der Waals surface area contributed by atoms with Crippen molar-refractivity contribution in [3.05, 3.63) is 12.7 Å². The number of hydrogen-bond donors (Lipinski definition) is 5. The predicted molar refractivity (Wildman–Crippen MR) is 79.7 cm³/mol. The molecule has 2 aromatic rings. The third kappa shape index (κ3) is 2.99. The highest BCUT2D eigenvalue weighted by Gasteiger charge is 2.45. The normalized spacial score (nSPS) is 27.8. The summed E-state index contributed by atoms with van der Waals surface area (Å²) in [7, 11) is 0. The van der Waals surface area contributed by atoms with Crippen LogP contribution in [0.2, 0.25) is 0 Å². The summed E-state index contributed by atoms with van der Waals surface area (Å²) in [5, 5.41) is 22.6. The fraction of sp³-hybridized carbons (Fsp3) is 0.615. The van der Waals surface area contributed by atoms with Crippen molar-refractivity contribution in [3.8, 4) is 0 Å². The van der Waals surface area contributed by atoms with Gasteiger partial charge in [-0.3, -0.25) is 4.57 Å². The molecular weight excluding hydrogens is 302 g/mol. The highest BCUT2D eigenvalue weighted by molar-refractivity contribution is 5.81. The van der Waals surface area contributed by atoms with Crippen molar-refractivity contribution < 1.29 is 26.0 Å². The maximum atomic E-state index is 10.3. The molecule has 126 valence electrons. The summed E-state index contributed by atoms with van der Waals surface area (Å²) in [6.07, 6.45) is 0.578. The molecule has 1 saturated heterocycles. The minimum Gasteiger partial charge on any atom is -0.387 e. The Bertz CT molecular complexity index is 664. The van der Waals surface area contributed by atoms with Gasteiger partial charge in [-0.1, -0.05) is 0 Å². The van der Waals surface area contributed by atoms with Gasteiger partial charge in [0.25, 0.3) is 0 Å². The van der Waals surface area contributed by atoms with Crippen LogP contribution >= 0.6 is 0 Å².